The first kappa shape index (κ1) is 18.5. The Morgan fingerprint density at radius 3 is 2.73 bits per heavy atom. The Morgan fingerprint density at radius 2 is 2.04 bits per heavy atom. The van der Waals surface area contributed by atoms with Crippen LogP contribution >= 0.6 is 0 Å². The summed E-state index contributed by atoms with van der Waals surface area (Å²) in [5.41, 5.74) is 2.75. The lowest BCUT2D eigenvalue weighted by Gasteiger charge is -2.32. The van der Waals surface area contributed by atoms with Crippen molar-refractivity contribution in [2.45, 2.75) is 32.1 Å². The summed E-state index contributed by atoms with van der Waals surface area (Å²) >= 11 is 0. The van der Waals surface area contributed by atoms with E-state index in [1.54, 1.807) is 25.2 Å². The molecular formula is C21H28N4O. The second-order valence-electron chi connectivity index (χ2n) is 7.30. The predicted octanol–water partition coefficient (Wildman–Crippen LogP) is 2.91. The highest BCUT2D eigenvalue weighted by molar-refractivity contribution is 5.94. The molecule has 0 bridgehead atoms. The van der Waals surface area contributed by atoms with E-state index in [-0.39, 0.29) is 5.91 Å². The predicted molar refractivity (Wildman–Crippen MR) is 103 cm³/mol. The van der Waals surface area contributed by atoms with Gasteiger partial charge in [-0.25, -0.2) is 9.97 Å². The van der Waals surface area contributed by atoms with Crippen molar-refractivity contribution in [1.82, 2.24) is 19.8 Å². The van der Waals surface area contributed by atoms with Crippen LogP contribution in [0.4, 0.5) is 0 Å². The van der Waals surface area contributed by atoms with E-state index < -0.39 is 0 Å². The summed E-state index contributed by atoms with van der Waals surface area (Å²) in [5.74, 6) is 1.19. The zero-order chi connectivity index (χ0) is 18.5. The van der Waals surface area contributed by atoms with Crippen molar-refractivity contribution >= 4 is 5.91 Å². The van der Waals surface area contributed by atoms with Gasteiger partial charge in [0, 0.05) is 39.3 Å². The summed E-state index contributed by atoms with van der Waals surface area (Å²) in [6.45, 7) is 5.10. The number of carbonyl (C=O) groups excluding carboxylic acids is 1. The largest absolute Gasteiger partial charge is 0.345 e. The molecule has 0 N–H and O–H groups in total. The molecule has 1 aliphatic rings. The van der Waals surface area contributed by atoms with Crippen LogP contribution in [0.3, 0.4) is 0 Å². The van der Waals surface area contributed by atoms with Gasteiger partial charge in [0.15, 0.2) is 0 Å². The molecule has 1 aromatic carbocycles. The molecule has 1 saturated heterocycles. The number of hydrogen-bond donors (Lipinski definition) is 0. The van der Waals surface area contributed by atoms with Crippen LogP contribution in [0.15, 0.2) is 36.5 Å². The zero-order valence-electron chi connectivity index (χ0n) is 16.0. The number of aromatic nitrogens is 2. The fourth-order valence-electron chi connectivity index (χ4n) is 3.53. The van der Waals surface area contributed by atoms with Gasteiger partial charge in [-0.05, 0) is 38.3 Å². The number of likely N-dealkylation sites (tertiary alicyclic amines) is 1. The van der Waals surface area contributed by atoms with Crippen LogP contribution in [0.5, 0.6) is 0 Å². The van der Waals surface area contributed by atoms with Crippen LogP contribution in [-0.4, -0.2) is 59.4 Å². The van der Waals surface area contributed by atoms with E-state index in [4.69, 9.17) is 0 Å². The molecule has 138 valence electrons. The maximum atomic E-state index is 12.2. The fraction of sp³-hybridized carbons (Fsp3) is 0.476. The Balaban J connectivity index is 1.64. The van der Waals surface area contributed by atoms with Gasteiger partial charge in [-0.15, -0.1) is 0 Å². The molecule has 1 aliphatic heterocycles. The number of nitrogens with zero attached hydrogens (tertiary/aromatic N) is 4. The second kappa shape index (κ2) is 8.41. The summed E-state index contributed by atoms with van der Waals surface area (Å²) in [6, 6.07) is 10.6. The summed E-state index contributed by atoms with van der Waals surface area (Å²) in [4.78, 5) is 25.4. The first-order valence-electron chi connectivity index (χ1n) is 9.36. The molecule has 0 saturated carbocycles. The lowest BCUT2D eigenvalue weighted by molar-refractivity contribution is 0.0826. The molecule has 1 aromatic heterocycles. The lowest BCUT2D eigenvalue weighted by atomic mass is 9.96. The minimum Gasteiger partial charge on any atom is -0.345 e. The van der Waals surface area contributed by atoms with Gasteiger partial charge >= 0.3 is 0 Å². The Morgan fingerprint density at radius 1 is 1.27 bits per heavy atom. The molecule has 1 atom stereocenters. The van der Waals surface area contributed by atoms with E-state index >= 15 is 0 Å². The lowest BCUT2D eigenvalue weighted by Crippen LogP contribution is -2.36. The van der Waals surface area contributed by atoms with E-state index in [0.29, 0.717) is 11.5 Å². The number of amides is 1. The molecular weight excluding hydrogens is 324 g/mol. The molecule has 0 unspecified atom stereocenters. The SMILES string of the molecule is Cc1nc([C@H]2CCCN(CCc3ccccc3)C2)ncc1C(=O)N(C)C. The highest BCUT2D eigenvalue weighted by Crippen LogP contribution is 2.25. The third-order valence-corrected chi connectivity index (χ3v) is 5.06. The van der Waals surface area contributed by atoms with Crippen molar-refractivity contribution in [2.24, 2.45) is 0 Å². The molecule has 5 heteroatoms. The minimum atomic E-state index is -0.0396. The van der Waals surface area contributed by atoms with Crippen LogP contribution < -0.4 is 0 Å². The normalized spacial score (nSPS) is 17.9. The van der Waals surface area contributed by atoms with Gasteiger partial charge in [-0.2, -0.15) is 0 Å². The van der Waals surface area contributed by atoms with Crippen LogP contribution in [0.1, 0.15) is 46.2 Å². The van der Waals surface area contributed by atoms with Gasteiger partial charge in [0.2, 0.25) is 0 Å². The molecule has 0 radical (unpaired) electrons. The maximum Gasteiger partial charge on any atom is 0.256 e. The van der Waals surface area contributed by atoms with Gasteiger partial charge in [-0.1, -0.05) is 30.3 Å². The van der Waals surface area contributed by atoms with Gasteiger partial charge in [0.05, 0.1) is 11.3 Å². The van der Waals surface area contributed by atoms with Crippen molar-refractivity contribution in [1.29, 1.82) is 0 Å². The topological polar surface area (TPSA) is 49.3 Å². The Kier molecular flexibility index (Phi) is 5.99. The first-order chi connectivity index (χ1) is 12.5. The molecule has 1 amide bonds. The Hall–Kier alpha value is -2.27. The van der Waals surface area contributed by atoms with Gasteiger partial charge < -0.3 is 9.80 Å². The van der Waals surface area contributed by atoms with Gasteiger partial charge in [0.25, 0.3) is 5.91 Å². The van der Waals surface area contributed by atoms with E-state index in [2.05, 4.69) is 45.2 Å². The van der Waals surface area contributed by atoms with Crippen molar-refractivity contribution < 1.29 is 4.79 Å². The average Bonchev–Trinajstić information content (AvgIpc) is 2.67. The third kappa shape index (κ3) is 4.47. The highest BCUT2D eigenvalue weighted by Gasteiger charge is 2.24. The van der Waals surface area contributed by atoms with Crippen LogP contribution in [0.2, 0.25) is 0 Å². The summed E-state index contributed by atoms with van der Waals surface area (Å²) < 4.78 is 0. The van der Waals surface area contributed by atoms with E-state index in [0.717, 1.165) is 44.0 Å². The van der Waals surface area contributed by atoms with Crippen molar-refractivity contribution in [2.75, 3.05) is 33.7 Å². The van der Waals surface area contributed by atoms with Gasteiger partial charge in [0.1, 0.15) is 5.82 Å². The quantitative estimate of drug-likeness (QED) is 0.830. The van der Waals surface area contributed by atoms with E-state index in [1.807, 2.05) is 6.92 Å². The molecule has 2 heterocycles. The van der Waals surface area contributed by atoms with E-state index in [9.17, 15) is 4.79 Å². The molecule has 3 rings (SSSR count). The standard InChI is InChI=1S/C21H28N4O/c1-16-19(21(26)24(2)3)14-22-20(23-16)18-10-7-12-25(15-18)13-11-17-8-5-4-6-9-17/h4-6,8-9,14,18H,7,10-13,15H2,1-3H3/t18-/m0/s1. The Bertz CT molecular complexity index is 745. The Labute approximate surface area is 156 Å². The van der Waals surface area contributed by atoms with Crippen molar-refractivity contribution in [3.05, 3.63) is 59.2 Å². The van der Waals surface area contributed by atoms with Gasteiger partial charge in [-0.3, -0.25) is 4.79 Å². The second-order valence-corrected chi connectivity index (χ2v) is 7.30. The van der Waals surface area contributed by atoms with E-state index in [1.165, 1.54) is 12.0 Å². The monoisotopic (exact) mass is 352 g/mol. The smallest absolute Gasteiger partial charge is 0.256 e. The van der Waals surface area contributed by atoms with Crippen LogP contribution in [-0.2, 0) is 6.42 Å². The minimum absolute atomic E-state index is 0.0396. The number of hydrogen-bond acceptors (Lipinski definition) is 4. The fourth-order valence-corrected chi connectivity index (χ4v) is 3.53. The van der Waals surface area contributed by atoms with Crippen LogP contribution in [0.25, 0.3) is 0 Å². The number of carbonyl (C=O) groups is 1. The average molecular weight is 352 g/mol. The van der Waals surface area contributed by atoms with Crippen molar-refractivity contribution in [3.8, 4) is 0 Å². The maximum absolute atomic E-state index is 12.2. The first-order valence-corrected chi connectivity index (χ1v) is 9.36. The van der Waals surface area contributed by atoms with Crippen LogP contribution in [0, 0.1) is 6.92 Å². The molecule has 26 heavy (non-hydrogen) atoms. The number of piperidine rings is 1. The summed E-state index contributed by atoms with van der Waals surface area (Å²) in [7, 11) is 3.50. The summed E-state index contributed by atoms with van der Waals surface area (Å²) in [6.07, 6.45) is 5.05. The van der Waals surface area contributed by atoms with Crippen molar-refractivity contribution in [3.63, 3.8) is 0 Å². The highest BCUT2D eigenvalue weighted by atomic mass is 16.2. The number of rotatable bonds is 5. The zero-order valence-corrected chi connectivity index (χ0v) is 16.0. The molecule has 0 spiro atoms. The molecule has 1 fully saturated rings. The third-order valence-electron chi connectivity index (χ3n) is 5.06. The number of benzene rings is 1. The molecule has 2 aromatic rings. The molecule has 5 nitrogen and oxygen atoms in total. The number of aryl methyl sites for hydroxylation is 1. The molecule has 0 aliphatic carbocycles. The summed E-state index contributed by atoms with van der Waals surface area (Å²) in [5, 5.41) is 0.